The van der Waals surface area contributed by atoms with Crippen LogP contribution in [0.3, 0.4) is 0 Å². The van der Waals surface area contributed by atoms with E-state index in [1.54, 1.807) is 12.0 Å². The number of H-pyrrole nitrogens is 1. The Balaban J connectivity index is 1.57. The summed E-state index contributed by atoms with van der Waals surface area (Å²) in [6.07, 6.45) is 3.57. The van der Waals surface area contributed by atoms with Gasteiger partial charge in [-0.3, -0.25) is 9.89 Å². The number of nitrogens with zero attached hydrogens (tertiary/aromatic N) is 3. The molecule has 1 aromatic heterocycles. The highest BCUT2D eigenvalue weighted by molar-refractivity contribution is 5.93. The van der Waals surface area contributed by atoms with E-state index in [1.807, 2.05) is 37.4 Å². The fraction of sp³-hybridized carbons (Fsp3) is 0.500. The van der Waals surface area contributed by atoms with Gasteiger partial charge in [-0.25, -0.2) is 0 Å². The SMILES string of the molecule is COc1ccc(-c2cc(C(=O)N(C)CC[C@H](C)N3CCCC3)[nH]n2)cc1. The summed E-state index contributed by atoms with van der Waals surface area (Å²) in [6.45, 7) is 5.37. The molecule has 6 heteroatoms. The molecular weight excluding hydrogens is 328 g/mol. The van der Waals surface area contributed by atoms with Gasteiger partial charge in [0, 0.05) is 25.2 Å². The Morgan fingerprint density at radius 2 is 2.00 bits per heavy atom. The molecule has 0 bridgehead atoms. The fourth-order valence-electron chi connectivity index (χ4n) is 3.39. The van der Waals surface area contributed by atoms with Crippen molar-refractivity contribution in [3.63, 3.8) is 0 Å². The summed E-state index contributed by atoms with van der Waals surface area (Å²) in [7, 11) is 3.49. The lowest BCUT2D eigenvalue weighted by Crippen LogP contribution is -2.35. The predicted molar refractivity (Wildman–Crippen MR) is 102 cm³/mol. The molecular formula is C20H28N4O2. The number of aromatic nitrogens is 2. The van der Waals surface area contributed by atoms with Gasteiger partial charge < -0.3 is 14.5 Å². The number of likely N-dealkylation sites (tertiary alicyclic amines) is 1. The van der Waals surface area contributed by atoms with Crippen LogP contribution < -0.4 is 4.74 Å². The molecule has 1 aromatic carbocycles. The molecule has 0 saturated carbocycles. The molecule has 1 saturated heterocycles. The lowest BCUT2D eigenvalue weighted by atomic mass is 10.1. The summed E-state index contributed by atoms with van der Waals surface area (Å²) >= 11 is 0. The zero-order valence-electron chi connectivity index (χ0n) is 15.9. The van der Waals surface area contributed by atoms with Crippen molar-refractivity contribution in [1.82, 2.24) is 20.0 Å². The summed E-state index contributed by atoms with van der Waals surface area (Å²) in [6, 6.07) is 9.97. The number of aromatic amines is 1. The van der Waals surface area contributed by atoms with Crippen LogP contribution in [0.5, 0.6) is 5.75 Å². The minimum Gasteiger partial charge on any atom is -0.497 e. The Morgan fingerprint density at radius 1 is 1.31 bits per heavy atom. The first-order chi connectivity index (χ1) is 12.6. The third-order valence-electron chi connectivity index (χ3n) is 5.19. The van der Waals surface area contributed by atoms with E-state index in [9.17, 15) is 4.79 Å². The molecule has 0 unspecified atom stereocenters. The number of ether oxygens (including phenoxy) is 1. The number of nitrogens with one attached hydrogen (secondary N) is 1. The zero-order chi connectivity index (χ0) is 18.5. The van der Waals surface area contributed by atoms with Crippen LogP contribution in [0, 0.1) is 0 Å². The quantitative estimate of drug-likeness (QED) is 0.828. The molecule has 26 heavy (non-hydrogen) atoms. The molecule has 0 spiro atoms. The van der Waals surface area contributed by atoms with Gasteiger partial charge in [0.15, 0.2) is 0 Å². The highest BCUT2D eigenvalue weighted by atomic mass is 16.5. The van der Waals surface area contributed by atoms with Gasteiger partial charge in [0.25, 0.3) is 5.91 Å². The topological polar surface area (TPSA) is 61.5 Å². The maximum absolute atomic E-state index is 12.6. The average Bonchev–Trinajstić information content (AvgIpc) is 3.37. The summed E-state index contributed by atoms with van der Waals surface area (Å²) in [4.78, 5) is 16.9. The number of hydrogen-bond donors (Lipinski definition) is 1. The van der Waals surface area contributed by atoms with Crippen molar-refractivity contribution < 1.29 is 9.53 Å². The molecule has 1 atom stereocenters. The lowest BCUT2D eigenvalue weighted by molar-refractivity contribution is 0.0775. The summed E-state index contributed by atoms with van der Waals surface area (Å²) in [5, 5.41) is 7.16. The van der Waals surface area contributed by atoms with Gasteiger partial charge in [0.1, 0.15) is 11.4 Å². The van der Waals surface area contributed by atoms with E-state index >= 15 is 0 Å². The van der Waals surface area contributed by atoms with Crippen molar-refractivity contribution in [2.24, 2.45) is 0 Å². The molecule has 1 aliphatic heterocycles. The molecule has 1 N–H and O–H groups in total. The third kappa shape index (κ3) is 4.25. The molecule has 0 aliphatic carbocycles. The van der Waals surface area contributed by atoms with Crippen LogP contribution in [-0.4, -0.2) is 65.7 Å². The third-order valence-corrected chi connectivity index (χ3v) is 5.19. The van der Waals surface area contributed by atoms with Crippen molar-refractivity contribution in [2.75, 3.05) is 33.8 Å². The largest absolute Gasteiger partial charge is 0.497 e. The van der Waals surface area contributed by atoms with Crippen molar-refractivity contribution in [1.29, 1.82) is 0 Å². The second kappa shape index (κ2) is 8.36. The number of carbonyl (C=O) groups is 1. The standard InChI is InChI=1S/C20H28N4O2/c1-15(24-11-4-5-12-24)10-13-23(2)20(25)19-14-18(21-22-19)16-6-8-17(26-3)9-7-16/h6-9,14-15H,4-5,10-13H2,1-3H3,(H,21,22)/t15-/m0/s1. The minimum atomic E-state index is -0.0223. The van der Waals surface area contributed by atoms with Crippen LogP contribution in [-0.2, 0) is 0 Å². The number of amides is 1. The molecule has 1 amide bonds. The highest BCUT2D eigenvalue weighted by Gasteiger charge is 2.20. The van der Waals surface area contributed by atoms with E-state index in [4.69, 9.17) is 4.74 Å². The first kappa shape index (κ1) is 18.5. The number of benzene rings is 1. The summed E-state index contributed by atoms with van der Waals surface area (Å²) in [5.41, 5.74) is 2.23. The predicted octanol–water partition coefficient (Wildman–Crippen LogP) is 3.03. The van der Waals surface area contributed by atoms with Gasteiger partial charge in [-0.1, -0.05) is 0 Å². The second-order valence-corrected chi connectivity index (χ2v) is 7.00. The van der Waals surface area contributed by atoms with E-state index < -0.39 is 0 Å². The molecule has 140 valence electrons. The number of hydrogen-bond acceptors (Lipinski definition) is 4. The van der Waals surface area contributed by atoms with Gasteiger partial charge in [0.05, 0.1) is 12.8 Å². The van der Waals surface area contributed by atoms with Gasteiger partial charge in [-0.15, -0.1) is 0 Å². The molecule has 2 heterocycles. The molecule has 1 aliphatic rings. The van der Waals surface area contributed by atoms with E-state index in [0.29, 0.717) is 11.7 Å². The van der Waals surface area contributed by atoms with Gasteiger partial charge in [-0.2, -0.15) is 5.10 Å². The van der Waals surface area contributed by atoms with E-state index in [2.05, 4.69) is 22.0 Å². The highest BCUT2D eigenvalue weighted by Crippen LogP contribution is 2.21. The smallest absolute Gasteiger partial charge is 0.271 e. The van der Waals surface area contributed by atoms with Gasteiger partial charge in [-0.05, 0) is 69.6 Å². The van der Waals surface area contributed by atoms with Crippen LogP contribution in [0.25, 0.3) is 11.3 Å². The Bertz CT molecular complexity index is 720. The van der Waals surface area contributed by atoms with Gasteiger partial charge in [0.2, 0.25) is 0 Å². The van der Waals surface area contributed by atoms with Crippen LogP contribution in [0.4, 0.5) is 0 Å². The monoisotopic (exact) mass is 356 g/mol. The Morgan fingerprint density at radius 3 is 2.65 bits per heavy atom. The maximum atomic E-state index is 12.6. The molecule has 1 fully saturated rings. The van der Waals surface area contributed by atoms with Crippen LogP contribution in [0.2, 0.25) is 0 Å². The maximum Gasteiger partial charge on any atom is 0.271 e. The van der Waals surface area contributed by atoms with E-state index in [-0.39, 0.29) is 5.91 Å². The normalized spacial score (nSPS) is 15.8. The summed E-state index contributed by atoms with van der Waals surface area (Å²) in [5.74, 6) is 0.776. The number of carbonyl (C=O) groups excluding carboxylic acids is 1. The first-order valence-electron chi connectivity index (χ1n) is 9.28. The summed E-state index contributed by atoms with van der Waals surface area (Å²) < 4.78 is 5.17. The van der Waals surface area contributed by atoms with Crippen LogP contribution >= 0.6 is 0 Å². The van der Waals surface area contributed by atoms with E-state index in [1.165, 1.54) is 25.9 Å². The number of methoxy groups -OCH3 is 1. The minimum absolute atomic E-state index is 0.0223. The number of rotatable bonds is 7. The van der Waals surface area contributed by atoms with Crippen molar-refractivity contribution in [3.8, 4) is 17.0 Å². The Kier molecular flexibility index (Phi) is 5.93. The van der Waals surface area contributed by atoms with E-state index in [0.717, 1.165) is 30.0 Å². The van der Waals surface area contributed by atoms with Crippen LogP contribution in [0.1, 0.15) is 36.7 Å². The average molecular weight is 356 g/mol. The first-order valence-corrected chi connectivity index (χ1v) is 9.28. The van der Waals surface area contributed by atoms with Crippen molar-refractivity contribution in [3.05, 3.63) is 36.0 Å². The Hall–Kier alpha value is -2.34. The second-order valence-electron chi connectivity index (χ2n) is 7.00. The Labute approximate surface area is 155 Å². The molecule has 3 rings (SSSR count). The van der Waals surface area contributed by atoms with Gasteiger partial charge >= 0.3 is 0 Å². The molecule has 0 radical (unpaired) electrons. The van der Waals surface area contributed by atoms with Crippen LogP contribution in [0.15, 0.2) is 30.3 Å². The molecule has 6 nitrogen and oxygen atoms in total. The lowest BCUT2D eigenvalue weighted by Gasteiger charge is -2.26. The molecule has 2 aromatic rings. The van der Waals surface area contributed by atoms with Crippen molar-refractivity contribution in [2.45, 2.75) is 32.2 Å². The fourth-order valence-corrected chi connectivity index (χ4v) is 3.39. The zero-order valence-corrected chi connectivity index (χ0v) is 15.9. The van der Waals surface area contributed by atoms with Crippen molar-refractivity contribution >= 4 is 5.91 Å².